The number of aliphatic hydroxyl groups is 1. The van der Waals surface area contributed by atoms with Crippen LogP contribution in [0, 0.1) is 13.8 Å². The van der Waals surface area contributed by atoms with Gasteiger partial charge in [-0.25, -0.2) is 0 Å². The highest BCUT2D eigenvalue weighted by Crippen LogP contribution is 2.47. The van der Waals surface area contributed by atoms with Crippen molar-refractivity contribution < 1.29 is 5.11 Å². The van der Waals surface area contributed by atoms with Crippen molar-refractivity contribution in [1.82, 2.24) is 4.98 Å². The Morgan fingerprint density at radius 1 is 1.45 bits per heavy atom. The van der Waals surface area contributed by atoms with Crippen LogP contribution in [0.15, 0.2) is 6.20 Å². The van der Waals surface area contributed by atoms with Crippen LogP contribution in [-0.4, -0.2) is 10.1 Å². The zero-order valence-electron chi connectivity index (χ0n) is 6.94. The number of aromatic amines is 1. The van der Waals surface area contributed by atoms with Crippen LogP contribution in [0.2, 0.25) is 0 Å². The fraction of sp³-hybridized carbons (Fsp3) is 0.556. The molecule has 1 fully saturated rings. The summed E-state index contributed by atoms with van der Waals surface area (Å²) in [6.45, 7) is 4.05. The smallest absolute Gasteiger partial charge is 0.0918 e. The molecule has 0 amide bonds. The molecular weight excluding hydrogens is 138 g/mol. The highest BCUT2D eigenvalue weighted by atomic mass is 16.3. The van der Waals surface area contributed by atoms with Gasteiger partial charge in [-0.05, 0) is 32.3 Å². The Kier molecular flexibility index (Phi) is 1.19. The molecule has 1 aromatic rings. The molecule has 11 heavy (non-hydrogen) atoms. The zero-order valence-corrected chi connectivity index (χ0v) is 6.94. The number of aromatic nitrogens is 1. The molecule has 0 bridgehead atoms. The largest absolute Gasteiger partial charge is 0.385 e. The third kappa shape index (κ3) is 0.897. The fourth-order valence-electron chi connectivity index (χ4n) is 1.74. The minimum absolute atomic E-state index is 0.478. The Labute approximate surface area is 66.3 Å². The van der Waals surface area contributed by atoms with Gasteiger partial charge < -0.3 is 10.1 Å². The quantitative estimate of drug-likeness (QED) is 0.628. The van der Waals surface area contributed by atoms with E-state index >= 15 is 0 Å². The van der Waals surface area contributed by atoms with E-state index in [0.29, 0.717) is 0 Å². The van der Waals surface area contributed by atoms with Crippen LogP contribution >= 0.6 is 0 Å². The van der Waals surface area contributed by atoms with Crippen LogP contribution < -0.4 is 0 Å². The van der Waals surface area contributed by atoms with E-state index in [2.05, 4.69) is 4.98 Å². The number of hydrogen-bond acceptors (Lipinski definition) is 1. The molecule has 0 atom stereocenters. The van der Waals surface area contributed by atoms with Crippen LogP contribution in [0.5, 0.6) is 0 Å². The summed E-state index contributed by atoms with van der Waals surface area (Å²) >= 11 is 0. The third-order valence-electron chi connectivity index (χ3n) is 2.46. The van der Waals surface area contributed by atoms with Gasteiger partial charge in [0.05, 0.1) is 5.60 Å². The zero-order chi connectivity index (χ0) is 8.06. The van der Waals surface area contributed by atoms with Gasteiger partial charge in [0.1, 0.15) is 0 Å². The van der Waals surface area contributed by atoms with Crippen molar-refractivity contribution in [1.29, 1.82) is 0 Å². The van der Waals surface area contributed by atoms with Gasteiger partial charge in [0.15, 0.2) is 0 Å². The van der Waals surface area contributed by atoms with E-state index in [9.17, 15) is 5.11 Å². The summed E-state index contributed by atoms with van der Waals surface area (Å²) in [4.78, 5) is 3.12. The molecule has 0 unspecified atom stereocenters. The normalized spacial score (nSPS) is 20.3. The predicted molar refractivity (Wildman–Crippen MR) is 43.4 cm³/mol. The molecule has 1 aliphatic carbocycles. The lowest BCUT2D eigenvalue weighted by molar-refractivity contribution is 0.150. The Bertz CT molecular complexity index is 264. The van der Waals surface area contributed by atoms with Crippen molar-refractivity contribution in [3.8, 4) is 0 Å². The Hall–Kier alpha value is -0.760. The number of rotatable bonds is 1. The maximum Gasteiger partial charge on any atom is 0.0918 e. The minimum Gasteiger partial charge on any atom is -0.385 e. The van der Waals surface area contributed by atoms with E-state index in [-0.39, 0.29) is 0 Å². The van der Waals surface area contributed by atoms with E-state index in [4.69, 9.17) is 0 Å². The van der Waals surface area contributed by atoms with E-state index in [1.54, 1.807) is 0 Å². The number of aryl methyl sites for hydroxylation is 2. The SMILES string of the molecule is Cc1c[nH]c(C)c1C1(O)CC1. The number of H-pyrrole nitrogens is 1. The third-order valence-corrected chi connectivity index (χ3v) is 2.46. The average molecular weight is 151 g/mol. The molecular formula is C9H13NO. The molecule has 1 heterocycles. The van der Waals surface area contributed by atoms with Gasteiger partial charge in [0.25, 0.3) is 0 Å². The summed E-state index contributed by atoms with van der Waals surface area (Å²) in [5.41, 5.74) is 2.94. The van der Waals surface area contributed by atoms with Gasteiger partial charge >= 0.3 is 0 Å². The summed E-state index contributed by atoms with van der Waals surface area (Å²) in [6.07, 6.45) is 3.81. The first-order valence-electron chi connectivity index (χ1n) is 4.01. The van der Waals surface area contributed by atoms with Gasteiger partial charge in [-0.2, -0.15) is 0 Å². The number of nitrogens with one attached hydrogen (secondary N) is 1. The van der Waals surface area contributed by atoms with Crippen LogP contribution in [0.4, 0.5) is 0 Å². The van der Waals surface area contributed by atoms with Gasteiger partial charge in [-0.15, -0.1) is 0 Å². The molecule has 1 aliphatic rings. The fourth-order valence-corrected chi connectivity index (χ4v) is 1.74. The van der Waals surface area contributed by atoms with Crippen molar-refractivity contribution in [2.75, 3.05) is 0 Å². The van der Waals surface area contributed by atoms with Crippen LogP contribution in [0.3, 0.4) is 0 Å². The first kappa shape index (κ1) is 6.92. The molecule has 0 saturated heterocycles. The minimum atomic E-state index is -0.478. The number of hydrogen-bond donors (Lipinski definition) is 2. The van der Waals surface area contributed by atoms with Gasteiger partial charge in [0.2, 0.25) is 0 Å². The van der Waals surface area contributed by atoms with Crippen LogP contribution in [0.1, 0.15) is 29.7 Å². The van der Waals surface area contributed by atoms with E-state index < -0.39 is 5.60 Å². The first-order chi connectivity index (χ1) is 5.13. The van der Waals surface area contributed by atoms with Crippen molar-refractivity contribution in [3.05, 3.63) is 23.0 Å². The van der Waals surface area contributed by atoms with Gasteiger partial charge in [-0.1, -0.05) is 0 Å². The molecule has 0 aromatic carbocycles. The molecule has 0 radical (unpaired) electrons. The van der Waals surface area contributed by atoms with E-state index in [0.717, 1.165) is 24.1 Å². The highest BCUT2D eigenvalue weighted by molar-refractivity contribution is 5.37. The molecule has 2 heteroatoms. The second-order valence-corrected chi connectivity index (χ2v) is 3.50. The summed E-state index contributed by atoms with van der Waals surface area (Å²) in [6, 6.07) is 0. The lowest BCUT2D eigenvalue weighted by Crippen LogP contribution is -2.06. The monoisotopic (exact) mass is 151 g/mol. The standard InChI is InChI=1S/C9H13NO/c1-6-5-10-7(2)8(6)9(11)3-4-9/h5,10-11H,3-4H2,1-2H3. The second-order valence-electron chi connectivity index (χ2n) is 3.50. The van der Waals surface area contributed by atoms with E-state index in [1.807, 2.05) is 20.0 Å². The van der Waals surface area contributed by atoms with Crippen molar-refractivity contribution >= 4 is 0 Å². The second kappa shape index (κ2) is 1.89. The maximum atomic E-state index is 9.83. The summed E-state index contributed by atoms with van der Waals surface area (Å²) in [5, 5.41) is 9.83. The van der Waals surface area contributed by atoms with Gasteiger partial charge in [-0.3, -0.25) is 0 Å². The Balaban J connectivity index is 2.50. The lowest BCUT2D eigenvalue weighted by atomic mass is 10.0. The summed E-state index contributed by atoms with van der Waals surface area (Å²) < 4.78 is 0. The molecule has 0 spiro atoms. The molecule has 1 aromatic heterocycles. The van der Waals surface area contributed by atoms with E-state index in [1.165, 1.54) is 5.56 Å². The van der Waals surface area contributed by atoms with Crippen molar-refractivity contribution in [2.24, 2.45) is 0 Å². The summed E-state index contributed by atoms with van der Waals surface area (Å²) in [5.74, 6) is 0. The van der Waals surface area contributed by atoms with Crippen LogP contribution in [-0.2, 0) is 5.60 Å². The molecule has 60 valence electrons. The Morgan fingerprint density at radius 2 is 2.09 bits per heavy atom. The Morgan fingerprint density at radius 3 is 2.45 bits per heavy atom. The maximum absolute atomic E-state index is 9.83. The van der Waals surface area contributed by atoms with Crippen LogP contribution in [0.25, 0.3) is 0 Å². The molecule has 2 nitrogen and oxygen atoms in total. The first-order valence-corrected chi connectivity index (χ1v) is 4.01. The molecule has 0 aliphatic heterocycles. The van der Waals surface area contributed by atoms with Crippen molar-refractivity contribution in [2.45, 2.75) is 32.3 Å². The predicted octanol–water partition coefficient (Wildman–Crippen LogP) is 1.61. The topological polar surface area (TPSA) is 36.0 Å². The van der Waals surface area contributed by atoms with Gasteiger partial charge in [0, 0.05) is 17.5 Å². The average Bonchev–Trinajstić information content (AvgIpc) is 2.56. The summed E-state index contributed by atoms with van der Waals surface area (Å²) in [7, 11) is 0. The van der Waals surface area contributed by atoms with Crippen molar-refractivity contribution in [3.63, 3.8) is 0 Å². The molecule has 2 N–H and O–H groups in total. The molecule has 2 rings (SSSR count). The lowest BCUT2D eigenvalue weighted by Gasteiger charge is -2.07. The molecule has 1 saturated carbocycles. The highest BCUT2D eigenvalue weighted by Gasteiger charge is 2.44.